The molecule has 0 radical (unpaired) electrons. The maximum Gasteiger partial charge on any atom is 0.197 e. The number of aryl methyl sites for hydroxylation is 2. The summed E-state index contributed by atoms with van der Waals surface area (Å²) in [4.78, 5) is 31.9. The van der Waals surface area contributed by atoms with Gasteiger partial charge in [0, 0.05) is 23.9 Å². The molecule has 0 bridgehead atoms. The lowest BCUT2D eigenvalue weighted by Crippen LogP contribution is -2.03. The smallest absolute Gasteiger partial charge is 0.197 e. The number of imidazole rings is 1. The van der Waals surface area contributed by atoms with Crippen LogP contribution in [0.5, 0.6) is 0 Å². The molecule has 0 N–H and O–H groups in total. The molecule has 6 aromatic rings. The van der Waals surface area contributed by atoms with E-state index in [4.69, 9.17) is 4.98 Å². The minimum atomic E-state index is -0.261. The van der Waals surface area contributed by atoms with E-state index < -0.39 is 0 Å². The third-order valence-corrected chi connectivity index (χ3v) is 7.37. The number of hydrogen-bond donors (Lipinski definition) is 0. The second-order valence-corrected chi connectivity index (χ2v) is 9.77. The molecule has 5 nitrogen and oxygen atoms in total. The fourth-order valence-electron chi connectivity index (χ4n) is 5.37. The van der Waals surface area contributed by atoms with E-state index in [1.807, 2.05) is 78.3 Å². The molecule has 0 unspecified atom stereocenters. The topological polar surface area (TPSA) is 56.9 Å². The van der Waals surface area contributed by atoms with E-state index >= 15 is 0 Å². The lowest BCUT2D eigenvalue weighted by atomic mass is 10.0. The van der Waals surface area contributed by atoms with Gasteiger partial charge >= 0.3 is 0 Å². The highest BCUT2D eigenvalue weighted by Crippen LogP contribution is 2.34. The van der Waals surface area contributed by atoms with Crippen molar-refractivity contribution in [1.82, 2.24) is 14.1 Å². The molecule has 38 heavy (non-hydrogen) atoms. The molecule has 0 saturated heterocycles. The number of hydrogen-bond acceptors (Lipinski definition) is 3. The Morgan fingerprint density at radius 1 is 0.737 bits per heavy atom. The van der Waals surface area contributed by atoms with E-state index in [1.165, 1.54) is 5.56 Å². The Kier molecular flexibility index (Phi) is 4.82. The summed E-state index contributed by atoms with van der Waals surface area (Å²) in [6.07, 6.45) is 1.65. The normalized spacial score (nSPS) is 13.1. The standard InChI is InChI=1S/C33H23N3O2/c1-20-12-14-21(15-13-20)28-19-29-33(35(28)2)34-30(36(29)24-10-4-3-5-11-24)18-27-31(37)25-16-22-8-6-7-9-23(22)17-26(25)32(27)38/h3-19H,1-2H3. The number of carbonyl (C=O) groups excluding carboxylic acids is 2. The lowest BCUT2D eigenvalue weighted by Gasteiger charge is -2.07. The van der Waals surface area contributed by atoms with Crippen molar-refractivity contribution in [3.8, 4) is 16.9 Å². The van der Waals surface area contributed by atoms with Gasteiger partial charge in [-0.3, -0.25) is 14.2 Å². The number of benzene rings is 4. The highest BCUT2D eigenvalue weighted by Gasteiger charge is 2.34. The monoisotopic (exact) mass is 493 g/mol. The molecule has 7 rings (SSSR count). The van der Waals surface area contributed by atoms with Gasteiger partial charge in [0.15, 0.2) is 17.2 Å². The van der Waals surface area contributed by atoms with Gasteiger partial charge in [-0.25, -0.2) is 4.98 Å². The maximum absolute atomic E-state index is 13.5. The molecule has 0 saturated carbocycles. The van der Waals surface area contributed by atoms with Crippen LogP contribution in [0.3, 0.4) is 0 Å². The van der Waals surface area contributed by atoms with Crippen LogP contribution in [0, 0.1) is 6.92 Å². The van der Waals surface area contributed by atoms with Gasteiger partial charge in [0.2, 0.25) is 0 Å². The first-order chi connectivity index (χ1) is 18.5. The van der Waals surface area contributed by atoms with Gasteiger partial charge in [-0.05, 0) is 59.7 Å². The molecule has 182 valence electrons. The number of Topliss-reactive ketones (excluding diaryl/α,β-unsaturated/α-hetero) is 2. The molecule has 5 heteroatoms. The van der Waals surface area contributed by atoms with Crippen LogP contribution in [0.25, 0.3) is 45.0 Å². The van der Waals surface area contributed by atoms with Gasteiger partial charge in [0.25, 0.3) is 0 Å². The molecule has 0 atom stereocenters. The first-order valence-corrected chi connectivity index (χ1v) is 12.5. The number of nitrogens with zero attached hydrogens (tertiary/aromatic N) is 3. The number of aromatic nitrogens is 3. The van der Waals surface area contributed by atoms with Crippen molar-refractivity contribution in [3.63, 3.8) is 0 Å². The maximum atomic E-state index is 13.5. The zero-order chi connectivity index (χ0) is 26.0. The van der Waals surface area contributed by atoms with Gasteiger partial charge in [-0.2, -0.15) is 0 Å². The summed E-state index contributed by atoms with van der Waals surface area (Å²) >= 11 is 0. The molecule has 0 spiro atoms. The van der Waals surface area contributed by atoms with Gasteiger partial charge in [-0.1, -0.05) is 72.3 Å². The fraction of sp³-hybridized carbons (Fsp3) is 0.0606. The Bertz CT molecular complexity index is 1900. The third-order valence-electron chi connectivity index (χ3n) is 7.37. The molecule has 0 aliphatic heterocycles. The molecule has 4 aromatic carbocycles. The van der Waals surface area contributed by atoms with E-state index in [0.29, 0.717) is 17.0 Å². The van der Waals surface area contributed by atoms with Crippen LogP contribution in [-0.4, -0.2) is 25.7 Å². The molecule has 1 aliphatic rings. The number of rotatable bonds is 3. The molecule has 0 fully saturated rings. The van der Waals surface area contributed by atoms with Crippen LogP contribution in [0.1, 0.15) is 32.1 Å². The van der Waals surface area contributed by atoms with Crippen LogP contribution in [0.4, 0.5) is 0 Å². The summed E-state index contributed by atoms with van der Waals surface area (Å²) in [5, 5.41) is 1.88. The average molecular weight is 494 g/mol. The first kappa shape index (κ1) is 22.2. The molecule has 0 amide bonds. The third kappa shape index (κ3) is 3.29. The second kappa shape index (κ2) is 8.25. The highest BCUT2D eigenvalue weighted by molar-refractivity contribution is 6.42. The van der Waals surface area contributed by atoms with E-state index in [2.05, 4.69) is 41.8 Å². The first-order valence-electron chi connectivity index (χ1n) is 12.5. The zero-order valence-electron chi connectivity index (χ0n) is 21.0. The van der Waals surface area contributed by atoms with Crippen molar-refractivity contribution in [2.24, 2.45) is 7.05 Å². The van der Waals surface area contributed by atoms with Crippen molar-refractivity contribution in [2.75, 3.05) is 0 Å². The van der Waals surface area contributed by atoms with Crippen molar-refractivity contribution in [2.45, 2.75) is 6.92 Å². The summed E-state index contributed by atoms with van der Waals surface area (Å²) in [5.41, 5.74) is 6.96. The van der Waals surface area contributed by atoms with Crippen LogP contribution in [-0.2, 0) is 7.05 Å². The van der Waals surface area contributed by atoms with Gasteiger partial charge in [-0.15, -0.1) is 0 Å². The zero-order valence-corrected chi connectivity index (χ0v) is 21.0. The van der Waals surface area contributed by atoms with Gasteiger partial charge in [0.1, 0.15) is 5.82 Å². The van der Waals surface area contributed by atoms with Crippen molar-refractivity contribution >= 4 is 39.6 Å². The fourth-order valence-corrected chi connectivity index (χ4v) is 5.37. The SMILES string of the molecule is Cc1ccc(-c2cc3c(nc(C=C4C(=O)c5cc6ccccc6cc5C4=O)n3-c3ccccc3)n2C)cc1. The van der Waals surface area contributed by atoms with Crippen LogP contribution in [0.2, 0.25) is 0 Å². The van der Waals surface area contributed by atoms with E-state index in [0.717, 1.165) is 38.9 Å². The Labute approximate surface area is 219 Å². The van der Waals surface area contributed by atoms with E-state index in [1.54, 1.807) is 6.08 Å². The average Bonchev–Trinajstić information content (AvgIpc) is 3.53. The minimum absolute atomic E-state index is 0.140. The molecular formula is C33H23N3O2. The number of carbonyl (C=O) groups is 2. The Morgan fingerprint density at radius 2 is 1.34 bits per heavy atom. The summed E-state index contributed by atoms with van der Waals surface area (Å²) in [6.45, 7) is 2.07. The molecule has 1 aliphatic carbocycles. The Morgan fingerprint density at radius 3 is 1.97 bits per heavy atom. The number of allylic oxidation sites excluding steroid dienone is 1. The summed E-state index contributed by atoms with van der Waals surface area (Å²) < 4.78 is 4.07. The second-order valence-electron chi connectivity index (χ2n) is 9.77. The largest absolute Gasteiger partial charge is 0.327 e. The van der Waals surface area contributed by atoms with Crippen LogP contribution >= 0.6 is 0 Å². The quantitative estimate of drug-likeness (QED) is 0.198. The summed E-state index contributed by atoms with van der Waals surface area (Å²) in [5.74, 6) is 0.0202. The van der Waals surface area contributed by atoms with Gasteiger partial charge in [0.05, 0.1) is 16.8 Å². The van der Waals surface area contributed by atoms with Crippen LogP contribution in [0.15, 0.2) is 103 Å². The lowest BCUT2D eigenvalue weighted by molar-refractivity contribution is 0.0990. The summed E-state index contributed by atoms with van der Waals surface area (Å²) in [7, 11) is 1.99. The predicted molar refractivity (Wildman–Crippen MR) is 151 cm³/mol. The van der Waals surface area contributed by atoms with Gasteiger partial charge < -0.3 is 4.57 Å². The number of ketones is 2. The summed E-state index contributed by atoms with van der Waals surface area (Å²) in [6, 6.07) is 31.8. The Balaban J connectivity index is 1.42. The predicted octanol–water partition coefficient (Wildman–Crippen LogP) is 6.96. The Hall–Kier alpha value is -5.03. The number of fused-ring (bicyclic) bond motifs is 3. The highest BCUT2D eigenvalue weighted by atomic mass is 16.2. The van der Waals surface area contributed by atoms with E-state index in [9.17, 15) is 9.59 Å². The molecule has 2 heterocycles. The van der Waals surface area contributed by atoms with Crippen molar-refractivity contribution in [1.29, 1.82) is 0 Å². The van der Waals surface area contributed by atoms with E-state index in [-0.39, 0.29) is 17.1 Å². The number of para-hydroxylation sites is 1. The van der Waals surface area contributed by atoms with Crippen molar-refractivity contribution in [3.05, 3.63) is 125 Å². The minimum Gasteiger partial charge on any atom is -0.327 e. The van der Waals surface area contributed by atoms with Crippen LogP contribution < -0.4 is 0 Å². The van der Waals surface area contributed by atoms with Crippen molar-refractivity contribution < 1.29 is 9.59 Å². The molecule has 2 aromatic heterocycles. The molecular weight excluding hydrogens is 470 g/mol.